The minimum absolute atomic E-state index is 0.289. The number of hydrogen-bond donors (Lipinski definition) is 0. The third-order valence-electron chi connectivity index (χ3n) is 0.339. The molecular weight excluding hydrogens is 102 g/mol. The predicted octanol–water partition coefficient (Wildman–Crippen LogP) is 1.76. The van der Waals surface area contributed by atoms with Gasteiger partial charge in [0.1, 0.15) is 6.26 Å². The minimum atomic E-state index is -1.79. The standard InChI is InChI=1S/C4H6F2O/c1-2-7-3-4(5)6/h3H,2H2,1H3. The van der Waals surface area contributed by atoms with Crippen molar-refractivity contribution in [1.29, 1.82) is 0 Å². The van der Waals surface area contributed by atoms with E-state index in [-0.39, 0.29) is 6.61 Å². The van der Waals surface area contributed by atoms with Gasteiger partial charge in [-0.05, 0) is 6.92 Å². The van der Waals surface area contributed by atoms with Crippen molar-refractivity contribution >= 4 is 0 Å². The minimum Gasteiger partial charge on any atom is -0.496 e. The maximum Gasteiger partial charge on any atom is 0.304 e. The summed E-state index contributed by atoms with van der Waals surface area (Å²) in [5.74, 6) is 0. The molecule has 0 aliphatic rings. The molecule has 0 unspecified atom stereocenters. The first kappa shape index (κ1) is 6.40. The van der Waals surface area contributed by atoms with Crippen LogP contribution in [0.25, 0.3) is 0 Å². The molecule has 42 valence electrons. The Balaban J connectivity index is 3.08. The Bertz CT molecular complexity index is 66.1. The lowest BCUT2D eigenvalue weighted by Crippen LogP contribution is -1.75. The van der Waals surface area contributed by atoms with Crippen LogP contribution in [-0.2, 0) is 4.74 Å². The molecule has 0 N–H and O–H groups in total. The maximum absolute atomic E-state index is 11.0. The second-order valence-corrected chi connectivity index (χ2v) is 0.863. The van der Waals surface area contributed by atoms with Gasteiger partial charge < -0.3 is 4.74 Å². The fourth-order valence-corrected chi connectivity index (χ4v) is 0.146. The number of rotatable bonds is 2. The van der Waals surface area contributed by atoms with E-state index in [2.05, 4.69) is 4.74 Å². The largest absolute Gasteiger partial charge is 0.496 e. The monoisotopic (exact) mass is 108 g/mol. The molecular formula is C4H6F2O. The zero-order chi connectivity index (χ0) is 5.70. The Morgan fingerprint density at radius 3 is 2.43 bits per heavy atom. The molecule has 0 aromatic rings. The summed E-state index contributed by atoms with van der Waals surface area (Å²) in [5.41, 5.74) is 0. The van der Waals surface area contributed by atoms with Crippen LogP contribution in [0.2, 0.25) is 0 Å². The van der Waals surface area contributed by atoms with Crippen molar-refractivity contribution in [2.75, 3.05) is 6.61 Å². The molecule has 0 radical (unpaired) electrons. The third kappa shape index (κ3) is 5.40. The van der Waals surface area contributed by atoms with Crippen LogP contribution in [0.1, 0.15) is 6.92 Å². The van der Waals surface area contributed by atoms with Crippen molar-refractivity contribution in [3.05, 3.63) is 12.3 Å². The van der Waals surface area contributed by atoms with Crippen LogP contribution in [0, 0.1) is 0 Å². The molecule has 0 bridgehead atoms. The number of ether oxygens (including phenoxy) is 1. The molecule has 0 saturated carbocycles. The molecule has 0 aliphatic carbocycles. The van der Waals surface area contributed by atoms with Crippen LogP contribution < -0.4 is 0 Å². The Morgan fingerprint density at radius 1 is 1.71 bits per heavy atom. The zero-order valence-corrected chi connectivity index (χ0v) is 3.95. The molecule has 3 heteroatoms. The van der Waals surface area contributed by atoms with Gasteiger partial charge in [0.2, 0.25) is 0 Å². The van der Waals surface area contributed by atoms with Crippen LogP contribution in [0.5, 0.6) is 0 Å². The second-order valence-electron chi connectivity index (χ2n) is 0.863. The van der Waals surface area contributed by atoms with Crippen LogP contribution in [-0.4, -0.2) is 6.61 Å². The van der Waals surface area contributed by atoms with Gasteiger partial charge in [0.15, 0.2) is 0 Å². The molecule has 0 spiro atoms. The van der Waals surface area contributed by atoms with Gasteiger partial charge in [0.05, 0.1) is 6.61 Å². The Labute approximate surface area is 40.6 Å². The maximum atomic E-state index is 11.0. The van der Waals surface area contributed by atoms with Crippen molar-refractivity contribution in [1.82, 2.24) is 0 Å². The van der Waals surface area contributed by atoms with Gasteiger partial charge in [-0.25, -0.2) is 0 Å². The van der Waals surface area contributed by atoms with E-state index >= 15 is 0 Å². The van der Waals surface area contributed by atoms with Crippen LogP contribution in [0.15, 0.2) is 12.3 Å². The van der Waals surface area contributed by atoms with Crippen molar-refractivity contribution in [3.8, 4) is 0 Å². The van der Waals surface area contributed by atoms with E-state index in [0.717, 1.165) is 0 Å². The fraction of sp³-hybridized carbons (Fsp3) is 0.500. The summed E-state index contributed by atoms with van der Waals surface area (Å²) >= 11 is 0. The molecule has 0 aliphatic heterocycles. The van der Waals surface area contributed by atoms with Crippen molar-refractivity contribution in [2.24, 2.45) is 0 Å². The van der Waals surface area contributed by atoms with E-state index in [4.69, 9.17) is 0 Å². The molecule has 0 fully saturated rings. The summed E-state index contributed by atoms with van der Waals surface area (Å²) in [6.45, 7) is 1.93. The summed E-state index contributed by atoms with van der Waals surface area (Å²) in [5, 5.41) is 0. The average molecular weight is 108 g/mol. The molecule has 7 heavy (non-hydrogen) atoms. The molecule has 0 amide bonds. The number of hydrogen-bond acceptors (Lipinski definition) is 1. The normalized spacial score (nSPS) is 7.86. The quantitative estimate of drug-likeness (QED) is 0.490. The van der Waals surface area contributed by atoms with Gasteiger partial charge in [-0.2, -0.15) is 8.78 Å². The molecule has 0 heterocycles. The summed E-state index contributed by atoms with van der Waals surface area (Å²) in [6.07, 6.45) is -1.36. The first-order valence-corrected chi connectivity index (χ1v) is 1.90. The average Bonchev–Trinajstić information content (AvgIpc) is 1.61. The van der Waals surface area contributed by atoms with Gasteiger partial charge >= 0.3 is 6.08 Å². The van der Waals surface area contributed by atoms with E-state index in [9.17, 15) is 8.78 Å². The predicted molar refractivity (Wildman–Crippen MR) is 21.9 cm³/mol. The van der Waals surface area contributed by atoms with E-state index < -0.39 is 6.08 Å². The van der Waals surface area contributed by atoms with Crippen molar-refractivity contribution < 1.29 is 13.5 Å². The van der Waals surface area contributed by atoms with Gasteiger partial charge in [-0.1, -0.05) is 0 Å². The van der Waals surface area contributed by atoms with Crippen LogP contribution >= 0.6 is 0 Å². The highest BCUT2D eigenvalue weighted by atomic mass is 19.3. The molecule has 0 rings (SSSR count). The first-order chi connectivity index (χ1) is 3.27. The lowest BCUT2D eigenvalue weighted by molar-refractivity contribution is 0.240. The van der Waals surface area contributed by atoms with Gasteiger partial charge in [0.25, 0.3) is 0 Å². The van der Waals surface area contributed by atoms with Crippen LogP contribution in [0.4, 0.5) is 8.78 Å². The Hall–Kier alpha value is -0.600. The zero-order valence-electron chi connectivity index (χ0n) is 3.95. The first-order valence-electron chi connectivity index (χ1n) is 1.90. The lowest BCUT2D eigenvalue weighted by Gasteiger charge is -1.87. The van der Waals surface area contributed by atoms with Gasteiger partial charge in [-0.15, -0.1) is 0 Å². The van der Waals surface area contributed by atoms with E-state index in [1.165, 1.54) is 0 Å². The lowest BCUT2D eigenvalue weighted by atomic mass is 10.9. The van der Waals surface area contributed by atoms with Gasteiger partial charge in [-0.3, -0.25) is 0 Å². The molecule has 1 nitrogen and oxygen atoms in total. The third-order valence-corrected chi connectivity index (χ3v) is 0.339. The Kier molecular flexibility index (Phi) is 3.28. The smallest absolute Gasteiger partial charge is 0.304 e. The van der Waals surface area contributed by atoms with E-state index in [1.807, 2.05) is 0 Å². The molecule has 0 aromatic heterocycles. The van der Waals surface area contributed by atoms with Crippen molar-refractivity contribution in [2.45, 2.75) is 6.92 Å². The molecule has 0 atom stereocenters. The highest BCUT2D eigenvalue weighted by molar-refractivity contribution is 4.68. The topological polar surface area (TPSA) is 9.23 Å². The number of halogens is 2. The second kappa shape index (κ2) is 3.59. The van der Waals surface area contributed by atoms with E-state index in [1.54, 1.807) is 6.92 Å². The molecule has 0 aromatic carbocycles. The van der Waals surface area contributed by atoms with Crippen LogP contribution in [0.3, 0.4) is 0 Å². The fourth-order valence-electron chi connectivity index (χ4n) is 0.146. The van der Waals surface area contributed by atoms with E-state index in [0.29, 0.717) is 6.26 Å². The summed E-state index contributed by atoms with van der Waals surface area (Å²) < 4.78 is 26.1. The highest BCUT2D eigenvalue weighted by Gasteiger charge is 1.82. The SMILES string of the molecule is CCOC=C(F)F. The van der Waals surface area contributed by atoms with Gasteiger partial charge in [0, 0.05) is 0 Å². The highest BCUT2D eigenvalue weighted by Crippen LogP contribution is 1.94. The Morgan fingerprint density at radius 2 is 2.29 bits per heavy atom. The summed E-state index contributed by atoms with van der Waals surface area (Å²) in [6, 6.07) is 0. The summed E-state index contributed by atoms with van der Waals surface area (Å²) in [7, 11) is 0. The van der Waals surface area contributed by atoms with Crippen molar-refractivity contribution in [3.63, 3.8) is 0 Å². The molecule has 0 saturated heterocycles. The summed E-state index contributed by atoms with van der Waals surface area (Å²) in [4.78, 5) is 0.